The van der Waals surface area contributed by atoms with E-state index in [4.69, 9.17) is 0 Å². The highest BCUT2D eigenvalue weighted by Crippen LogP contribution is 2.20. The summed E-state index contributed by atoms with van der Waals surface area (Å²) in [7, 11) is 0. The Hall–Kier alpha value is -2.76. The van der Waals surface area contributed by atoms with Crippen LogP contribution in [0.15, 0.2) is 36.5 Å². The molecule has 0 spiro atoms. The van der Waals surface area contributed by atoms with Gasteiger partial charge in [-0.15, -0.1) is 0 Å². The lowest BCUT2D eigenvalue weighted by molar-refractivity contribution is 0.102. The molecule has 1 amide bonds. The molecule has 124 valence electrons. The van der Waals surface area contributed by atoms with E-state index in [1.54, 1.807) is 10.6 Å². The third kappa shape index (κ3) is 2.87. The van der Waals surface area contributed by atoms with Crippen LogP contribution < -0.4 is 5.32 Å². The summed E-state index contributed by atoms with van der Waals surface area (Å²) in [6.45, 7) is 3.91. The average Bonchev–Trinajstić information content (AvgIpc) is 2.90. The van der Waals surface area contributed by atoms with Crippen LogP contribution in [0.5, 0.6) is 0 Å². The van der Waals surface area contributed by atoms with Crippen molar-refractivity contribution in [2.75, 3.05) is 5.32 Å². The normalized spacial score (nSPS) is 11.0. The minimum atomic E-state index is -0.814. The molecule has 2 heterocycles. The number of rotatable bonds is 4. The molecule has 0 saturated carbocycles. The van der Waals surface area contributed by atoms with E-state index in [0.717, 1.165) is 24.1 Å². The van der Waals surface area contributed by atoms with Gasteiger partial charge in [-0.1, -0.05) is 19.4 Å². The van der Waals surface area contributed by atoms with Gasteiger partial charge in [0, 0.05) is 12.3 Å². The standard InChI is InChI=1S/C18H17F2N3O/c1-3-5-15-16(23-9-4-6-11(2)17(23)21-15)18(24)22-14-8-7-12(19)10-13(14)20/h4,6-10H,3,5H2,1-2H3,(H,22,24). The Morgan fingerprint density at radius 2 is 2.08 bits per heavy atom. The monoisotopic (exact) mass is 329 g/mol. The van der Waals surface area contributed by atoms with E-state index in [2.05, 4.69) is 10.3 Å². The fourth-order valence-corrected chi connectivity index (χ4v) is 2.67. The second kappa shape index (κ2) is 6.39. The van der Waals surface area contributed by atoms with Gasteiger partial charge in [0.15, 0.2) is 0 Å². The van der Waals surface area contributed by atoms with E-state index in [-0.39, 0.29) is 5.69 Å². The molecule has 6 heteroatoms. The molecule has 0 aliphatic carbocycles. The molecule has 3 rings (SSSR count). The number of imidazole rings is 1. The van der Waals surface area contributed by atoms with Gasteiger partial charge >= 0.3 is 0 Å². The minimum absolute atomic E-state index is 0.0635. The van der Waals surface area contributed by atoms with Crippen LogP contribution in [-0.2, 0) is 6.42 Å². The van der Waals surface area contributed by atoms with E-state index in [1.165, 1.54) is 6.07 Å². The van der Waals surface area contributed by atoms with Crippen LogP contribution in [0.3, 0.4) is 0 Å². The van der Waals surface area contributed by atoms with Gasteiger partial charge in [0.1, 0.15) is 23.0 Å². The maximum Gasteiger partial charge on any atom is 0.274 e. The van der Waals surface area contributed by atoms with Gasteiger partial charge in [0.2, 0.25) is 0 Å². The first-order chi connectivity index (χ1) is 11.5. The van der Waals surface area contributed by atoms with Gasteiger partial charge in [-0.25, -0.2) is 13.8 Å². The zero-order chi connectivity index (χ0) is 17.3. The number of aromatic nitrogens is 2. The van der Waals surface area contributed by atoms with Crippen molar-refractivity contribution in [2.45, 2.75) is 26.7 Å². The molecule has 0 unspecified atom stereocenters. The number of nitrogens with zero attached hydrogens (tertiary/aromatic N) is 2. The number of hydrogen-bond donors (Lipinski definition) is 1. The average molecular weight is 329 g/mol. The second-order valence-corrected chi connectivity index (χ2v) is 5.62. The molecule has 0 atom stereocenters. The van der Waals surface area contributed by atoms with E-state index in [1.807, 2.05) is 26.0 Å². The molecular weight excluding hydrogens is 312 g/mol. The number of carbonyl (C=O) groups is 1. The molecule has 1 N–H and O–H groups in total. The number of carbonyl (C=O) groups excluding carboxylic acids is 1. The molecule has 0 bridgehead atoms. The Balaban J connectivity index is 2.05. The predicted octanol–water partition coefficient (Wildman–Crippen LogP) is 4.13. The van der Waals surface area contributed by atoms with Gasteiger partial charge < -0.3 is 5.32 Å². The summed E-state index contributed by atoms with van der Waals surface area (Å²) >= 11 is 0. The zero-order valence-electron chi connectivity index (χ0n) is 13.4. The topological polar surface area (TPSA) is 46.4 Å². The fraction of sp³-hybridized carbons (Fsp3) is 0.222. The first kappa shape index (κ1) is 16.1. The largest absolute Gasteiger partial charge is 0.318 e. The third-order valence-corrected chi connectivity index (χ3v) is 3.80. The molecular formula is C18H17F2N3O. The smallest absolute Gasteiger partial charge is 0.274 e. The summed E-state index contributed by atoms with van der Waals surface area (Å²) in [6.07, 6.45) is 3.22. The van der Waals surface area contributed by atoms with Crippen molar-refractivity contribution in [1.29, 1.82) is 0 Å². The van der Waals surface area contributed by atoms with Crippen LogP contribution in [0.25, 0.3) is 5.65 Å². The van der Waals surface area contributed by atoms with Crippen LogP contribution in [0.4, 0.5) is 14.5 Å². The van der Waals surface area contributed by atoms with E-state index in [0.29, 0.717) is 23.5 Å². The van der Waals surface area contributed by atoms with Crippen molar-refractivity contribution in [3.63, 3.8) is 0 Å². The number of fused-ring (bicyclic) bond motifs is 1. The molecule has 0 aliphatic rings. The van der Waals surface area contributed by atoms with Gasteiger partial charge in [-0.3, -0.25) is 9.20 Å². The second-order valence-electron chi connectivity index (χ2n) is 5.62. The lowest BCUT2D eigenvalue weighted by Gasteiger charge is -2.08. The lowest BCUT2D eigenvalue weighted by Crippen LogP contribution is -2.17. The van der Waals surface area contributed by atoms with Crippen molar-refractivity contribution in [1.82, 2.24) is 9.38 Å². The Morgan fingerprint density at radius 1 is 1.29 bits per heavy atom. The van der Waals surface area contributed by atoms with Crippen molar-refractivity contribution >= 4 is 17.2 Å². The Kier molecular flexibility index (Phi) is 4.29. The van der Waals surface area contributed by atoms with Crippen LogP contribution >= 0.6 is 0 Å². The lowest BCUT2D eigenvalue weighted by atomic mass is 10.2. The summed E-state index contributed by atoms with van der Waals surface area (Å²) in [5.41, 5.74) is 2.62. The van der Waals surface area contributed by atoms with Crippen molar-refractivity contribution < 1.29 is 13.6 Å². The molecule has 1 aromatic carbocycles. The highest BCUT2D eigenvalue weighted by Gasteiger charge is 2.20. The summed E-state index contributed by atoms with van der Waals surface area (Å²) in [4.78, 5) is 17.3. The Morgan fingerprint density at radius 3 is 2.79 bits per heavy atom. The Labute approximate surface area is 138 Å². The van der Waals surface area contributed by atoms with E-state index < -0.39 is 17.5 Å². The number of amides is 1. The summed E-state index contributed by atoms with van der Waals surface area (Å²) in [5.74, 6) is -1.98. The number of aryl methyl sites for hydroxylation is 2. The first-order valence-electron chi connectivity index (χ1n) is 7.74. The molecule has 0 saturated heterocycles. The van der Waals surface area contributed by atoms with E-state index in [9.17, 15) is 13.6 Å². The number of pyridine rings is 1. The predicted molar refractivity (Wildman–Crippen MR) is 88.2 cm³/mol. The van der Waals surface area contributed by atoms with Crippen LogP contribution in [-0.4, -0.2) is 15.3 Å². The van der Waals surface area contributed by atoms with Gasteiger partial charge in [0.25, 0.3) is 5.91 Å². The number of hydrogen-bond acceptors (Lipinski definition) is 2. The van der Waals surface area contributed by atoms with Crippen molar-refractivity contribution in [2.24, 2.45) is 0 Å². The quantitative estimate of drug-likeness (QED) is 0.782. The van der Waals surface area contributed by atoms with Gasteiger partial charge in [-0.05, 0) is 37.1 Å². The maximum atomic E-state index is 13.8. The highest BCUT2D eigenvalue weighted by molar-refractivity contribution is 6.04. The molecule has 0 aliphatic heterocycles. The first-order valence-corrected chi connectivity index (χ1v) is 7.74. The fourth-order valence-electron chi connectivity index (χ4n) is 2.67. The minimum Gasteiger partial charge on any atom is -0.318 e. The van der Waals surface area contributed by atoms with Gasteiger partial charge in [-0.2, -0.15) is 0 Å². The molecule has 0 radical (unpaired) electrons. The summed E-state index contributed by atoms with van der Waals surface area (Å²) in [6, 6.07) is 6.79. The van der Waals surface area contributed by atoms with Crippen LogP contribution in [0.2, 0.25) is 0 Å². The molecule has 2 aromatic heterocycles. The van der Waals surface area contributed by atoms with E-state index >= 15 is 0 Å². The maximum absolute atomic E-state index is 13.8. The van der Waals surface area contributed by atoms with Crippen LogP contribution in [0, 0.1) is 18.6 Å². The zero-order valence-corrected chi connectivity index (χ0v) is 13.4. The third-order valence-electron chi connectivity index (χ3n) is 3.80. The molecule has 3 aromatic rings. The molecule has 0 fully saturated rings. The van der Waals surface area contributed by atoms with Crippen LogP contribution in [0.1, 0.15) is 35.1 Å². The molecule has 4 nitrogen and oxygen atoms in total. The molecule has 24 heavy (non-hydrogen) atoms. The summed E-state index contributed by atoms with van der Waals surface area (Å²) in [5, 5.41) is 2.51. The number of anilines is 1. The summed E-state index contributed by atoms with van der Waals surface area (Å²) < 4.78 is 28.5. The van der Waals surface area contributed by atoms with Crippen molar-refractivity contribution in [3.05, 3.63) is 65.1 Å². The number of benzene rings is 1. The highest BCUT2D eigenvalue weighted by atomic mass is 19.1. The number of nitrogens with one attached hydrogen (secondary N) is 1. The Bertz CT molecular complexity index is 918. The van der Waals surface area contributed by atoms with Crippen molar-refractivity contribution in [3.8, 4) is 0 Å². The SMILES string of the molecule is CCCc1nc2c(C)cccn2c1C(=O)Nc1ccc(F)cc1F. The van der Waals surface area contributed by atoms with Gasteiger partial charge in [0.05, 0.1) is 11.4 Å². The number of halogens is 2.